The lowest BCUT2D eigenvalue weighted by Crippen LogP contribution is -2.11. The molecule has 3 aliphatic heterocycles. The van der Waals surface area contributed by atoms with Gasteiger partial charge in [0, 0.05) is 160 Å². The summed E-state index contributed by atoms with van der Waals surface area (Å²) in [4.78, 5) is 43.2. The fourth-order valence-corrected chi connectivity index (χ4v) is 22.7. The molecule has 25 aromatic rings. The maximum absolute atomic E-state index is 5.08. The highest BCUT2D eigenvalue weighted by atomic mass is 32.2. The Balaban J connectivity index is 0.000000110. The molecular weight excluding hydrogens is 1790 g/mol. The van der Waals surface area contributed by atoms with Crippen LogP contribution in [0.3, 0.4) is 0 Å². The van der Waals surface area contributed by atoms with Gasteiger partial charge in [-0.25, -0.2) is 29.9 Å². The Morgan fingerprint density at radius 1 is 0.215 bits per heavy atom. The summed E-state index contributed by atoms with van der Waals surface area (Å²) in [6.07, 6.45) is 8.38. The molecule has 0 saturated heterocycles. The van der Waals surface area contributed by atoms with Gasteiger partial charge in [0.2, 0.25) is 0 Å². The summed E-state index contributed by atoms with van der Waals surface area (Å²) in [6, 6.07) is 173. The molecule has 676 valence electrons. The minimum atomic E-state index is 0.628. The number of para-hydroxylation sites is 6. The van der Waals surface area contributed by atoms with Gasteiger partial charge in [-0.05, 0) is 144 Å². The second-order valence-corrected chi connectivity index (χ2v) is 37.9. The molecule has 0 N–H and O–H groups in total. The quantitative estimate of drug-likeness (QED) is 0.111. The monoisotopic (exact) mass is 1880 g/mol. The lowest BCUT2D eigenvalue weighted by atomic mass is 9.99. The summed E-state index contributed by atoms with van der Waals surface area (Å²) >= 11 is 3.69. The molecule has 18 aromatic carbocycles. The number of aromatic nitrogens is 9. The standard InChI is InChI=1S/C47H31N5.2C42H27N3S/c1-4-16-33(17-5-1)45-48-46(34-18-6-2-7-19-34)50-47(49-45)36-20-14-23-38(29-36)52-42-26-13-11-24-39(42)40-31-43-35(30-44(40)52)28-27-32-15-10-12-25-41(32)51(43)37-21-8-3-9-22-37;1-3-13-28(14-4-1)35-27-36(44-42(43-35)30-15-5-2-6-16-30)29-23-25-31(26-24-29)45-37-20-10-7-17-32(37)40-34-19-9-12-22-39(34)46-41(40)33-18-8-11-21-38(33)45;1-3-11-29(12-4-1)36-25-31(26-37(44-36)30-13-5-2-6-14-30)28-19-21-32(22-20-28)45-38-17-9-7-15-33(38)41-35-27-43-24-23-40(35)46-39-18-10-8-16-34(39)42(41)45/h1-31H;2*1-27H. The topological polar surface area (TPSA) is 107 Å². The van der Waals surface area contributed by atoms with Gasteiger partial charge in [0.05, 0.1) is 67.8 Å². The van der Waals surface area contributed by atoms with E-state index in [4.69, 9.17) is 29.9 Å². The number of nitrogens with zero attached hydrogens (tertiary/aromatic N) is 11. The van der Waals surface area contributed by atoms with Gasteiger partial charge >= 0.3 is 0 Å². The minimum Gasteiger partial charge on any atom is -0.309 e. The number of anilines is 6. The van der Waals surface area contributed by atoms with E-state index in [1.165, 1.54) is 102 Å². The molecule has 7 aromatic heterocycles. The van der Waals surface area contributed by atoms with Crippen LogP contribution in [0, 0.1) is 0 Å². The predicted molar refractivity (Wildman–Crippen MR) is 597 cm³/mol. The number of hydrogen-bond donors (Lipinski definition) is 0. The Kier molecular flexibility index (Phi) is 22.2. The van der Waals surface area contributed by atoms with E-state index in [0.29, 0.717) is 17.5 Å². The Morgan fingerprint density at radius 3 is 1.28 bits per heavy atom. The maximum atomic E-state index is 5.08. The van der Waals surface area contributed by atoms with Gasteiger partial charge in [0.15, 0.2) is 23.3 Å². The molecule has 10 heterocycles. The van der Waals surface area contributed by atoms with Crippen LogP contribution in [0.1, 0.15) is 11.1 Å². The summed E-state index contributed by atoms with van der Waals surface area (Å²) in [5.41, 5.74) is 37.5. The molecule has 11 nitrogen and oxygen atoms in total. The van der Waals surface area contributed by atoms with E-state index in [1.54, 1.807) is 0 Å². The first-order chi connectivity index (χ1) is 71.4. The molecule has 0 unspecified atom stereocenters. The normalized spacial score (nSPS) is 11.9. The molecule has 0 amide bonds. The predicted octanol–water partition coefficient (Wildman–Crippen LogP) is 35.0. The molecule has 0 saturated carbocycles. The summed E-state index contributed by atoms with van der Waals surface area (Å²) in [5.74, 6) is 2.63. The lowest BCUT2D eigenvalue weighted by Gasteiger charge is -2.27. The average Bonchev–Trinajstić information content (AvgIpc) is 1.61. The Morgan fingerprint density at radius 2 is 0.653 bits per heavy atom. The molecule has 3 aliphatic rings. The summed E-state index contributed by atoms with van der Waals surface area (Å²) in [6.45, 7) is 0. The van der Waals surface area contributed by atoms with E-state index in [1.807, 2.05) is 145 Å². The van der Waals surface area contributed by atoms with Gasteiger partial charge in [-0.3, -0.25) is 4.98 Å². The van der Waals surface area contributed by atoms with Gasteiger partial charge in [-0.1, -0.05) is 388 Å². The molecular formula is C131H85N11S2. The Bertz CT molecular complexity index is 9040. The number of thiophene rings is 1. The highest BCUT2D eigenvalue weighted by Crippen LogP contribution is 2.58. The SMILES string of the molecule is C1=Cc2cc3c(cc2N(c2ccccc2)c2ccccc21)c1ccccc1n3-c1cccc(-c2nc(-c3ccccc3)nc(-c3ccccc3)n2)c1.c1ccc(-c2cc(-c3ccc(-n4c5c(c6ccccc64)-c4cnccc4Sc4ccccc4-5)cc3)cc(-c3ccccc3)n2)cc1.c1ccc(-c2cc(-c3ccc(N4c5ccccc5-c5sc6ccccc6c5-c5ccccc54)cc3)nc(-c3ccccc3)n2)cc1. The molecule has 144 heavy (non-hydrogen) atoms. The van der Waals surface area contributed by atoms with Gasteiger partial charge < -0.3 is 18.9 Å². The molecule has 28 rings (SSSR count). The second-order valence-electron chi connectivity index (χ2n) is 35.8. The van der Waals surface area contributed by atoms with Crippen LogP contribution in [0.5, 0.6) is 0 Å². The third kappa shape index (κ3) is 15.9. The Labute approximate surface area is 841 Å². The van der Waals surface area contributed by atoms with Crippen LogP contribution in [0.25, 0.3) is 212 Å². The number of rotatable bonds is 13. The maximum Gasteiger partial charge on any atom is 0.164 e. The fraction of sp³-hybridized carbons (Fsp3) is 0. The molecule has 0 fully saturated rings. The van der Waals surface area contributed by atoms with Gasteiger partial charge in [-0.15, -0.1) is 11.3 Å². The van der Waals surface area contributed by atoms with Crippen LogP contribution in [0.15, 0.2) is 514 Å². The van der Waals surface area contributed by atoms with E-state index in [-0.39, 0.29) is 0 Å². The molecule has 0 atom stereocenters. The summed E-state index contributed by atoms with van der Waals surface area (Å²) in [7, 11) is 0. The third-order valence-corrected chi connectivity index (χ3v) is 29.5. The van der Waals surface area contributed by atoms with Crippen molar-refractivity contribution in [2.24, 2.45) is 0 Å². The van der Waals surface area contributed by atoms with E-state index < -0.39 is 0 Å². The first-order valence-corrected chi connectivity index (χ1v) is 49.9. The first kappa shape index (κ1) is 85.7. The van der Waals surface area contributed by atoms with Gasteiger partial charge in [0.25, 0.3) is 0 Å². The van der Waals surface area contributed by atoms with Crippen LogP contribution < -0.4 is 9.80 Å². The van der Waals surface area contributed by atoms with Crippen LogP contribution in [-0.2, 0) is 0 Å². The van der Waals surface area contributed by atoms with Gasteiger partial charge in [0.1, 0.15) is 0 Å². The van der Waals surface area contributed by atoms with Crippen LogP contribution in [0.4, 0.5) is 34.1 Å². The van der Waals surface area contributed by atoms with Crippen LogP contribution in [0.2, 0.25) is 0 Å². The van der Waals surface area contributed by atoms with E-state index in [2.05, 4.69) is 418 Å². The smallest absolute Gasteiger partial charge is 0.164 e. The van der Waals surface area contributed by atoms with Crippen molar-refractivity contribution in [1.29, 1.82) is 0 Å². The van der Waals surface area contributed by atoms with Crippen molar-refractivity contribution in [2.45, 2.75) is 9.79 Å². The van der Waals surface area contributed by atoms with Crippen molar-refractivity contribution in [3.63, 3.8) is 0 Å². The van der Waals surface area contributed by atoms with E-state index in [9.17, 15) is 0 Å². The summed E-state index contributed by atoms with van der Waals surface area (Å²) < 4.78 is 6.10. The zero-order valence-electron chi connectivity index (χ0n) is 77.8. The number of hydrogen-bond acceptors (Lipinski definition) is 11. The molecule has 0 aliphatic carbocycles. The zero-order chi connectivity index (χ0) is 95.3. The third-order valence-electron chi connectivity index (χ3n) is 27.1. The fourth-order valence-electron chi connectivity index (χ4n) is 20.4. The van der Waals surface area contributed by atoms with Crippen molar-refractivity contribution >= 4 is 112 Å². The number of fused-ring (bicyclic) bond motifs is 19. The van der Waals surface area contributed by atoms with E-state index in [0.717, 1.165) is 135 Å². The lowest BCUT2D eigenvalue weighted by molar-refractivity contribution is 1.07. The van der Waals surface area contributed by atoms with Crippen molar-refractivity contribution in [3.8, 4) is 157 Å². The highest BCUT2D eigenvalue weighted by Gasteiger charge is 2.33. The molecule has 0 bridgehead atoms. The summed E-state index contributed by atoms with van der Waals surface area (Å²) in [5, 5.41) is 4.90. The van der Waals surface area contributed by atoms with Crippen LogP contribution in [-0.4, -0.2) is 44.0 Å². The molecule has 0 radical (unpaired) electrons. The number of benzene rings is 18. The minimum absolute atomic E-state index is 0.628. The molecule has 0 spiro atoms. The van der Waals surface area contributed by atoms with Crippen molar-refractivity contribution in [1.82, 2.24) is 44.0 Å². The van der Waals surface area contributed by atoms with Crippen molar-refractivity contribution in [3.05, 3.63) is 515 Å². The average molecular weight is 1880 g/mol. The molecule has 13 heteroatoms. The second kappa shape index (κ2) is 37.3. The van der Waals surface area contributed by atoms with Crippen molar-refractivity contribution < 1.29 is 0 Å². The first-order valence-electron chi connectivity index (χ1n) is 48.3. The van der Waals surface area contributed by atoms with Gasteiger partial charge in [-0.2, -0.15) is 0 Å². The zero-order valence-corrected chi connectivity index (χ0v) is 79.4. The van der Waals surface area contributed by atoms with Crippen LogP contribution >= 0.6 is 23.1 Å². The van der Waals surface area contributed by atoms with Crippen molar-refractivity contribution in [2.75, 3.05) is 9.80 Å². The largest absolute Gasteiger partial charge is 0.309 e. The van der Waals surface area contributed by atoms with E-state index >= 15 is 0 Å². The highest BCUT2D eigenvalue weighted by molar-refractivity contribution is 7.99. The number of pyridine rings is 2. The Hall–Kier alpha value is -18.7.